The zero-order valence-corrected chi connectivity index (χ0v) is 13.4. The first-order valence-corrected chi connectivity index (χ1v) is 8.13. The molecule has 0 bridgehead atoms. The quantitative estimate of drug-likeness (QED) is 0.462. The van der Waals surface area contributed by atoms with E-state index >= 15 is 0 Å². The summed E-state index contributed by atoms with van der Waals surface area (Å²) in [6.07, 6.45) is 3.47. The first-order chi connectivity index (χ1) is 8.72. The van der Waals surface area contributed by atoms with Crippen LogP contribution in [-0.4, -0.2) is 11.9 Å². The molecule has 0 unspecified atom stereocenters. The molecule has 0 amide bonds. The van der Waals surface area contributed by atoms with E-state index in [-0.39, 0.29) is 0 Å². The Kier molecular flexibility index (Phi) is 7.41. The summed E-state index contributed by atoms with van der Waals surface area (Å²) in [4.78, 5) is 0. The molecular formula is C16H25BrO. The number of rotatable bonds is 8. The van der Waals surface area contributed by atoms with Crippen molar-refractivity contribution in [3.8, 4) is 5.75 Å². The highest BCUT2D eigenvalue weighted by Crippen LogP contribution is 2.31. The largest absolute Gasteiger partial charge is 0.494 e. The van der Waals surface area contributed by atoms with Crippen LogP contribution in [0.4, 0.5) is 0 Å². The summed E-state index contributed by atoms with van der Waals surface area (Å²) in [5.41, 5.74) is 1.40. The van der Waals surface area contributed by atoms with Crippen LogP contribution in [-0.2, 0) is 0 Å². The molecule has 0 saturated heterocycles. The summed E-state index contributed by atoms with van der Waals surface area (Å²) >= 11 is 3.59. The molecule has 0 fully saturated rings. The van der Waals surface area contributed by atoms with Crippen LogP contribution >= 0.6 is 15.9 Å². The fourth-order valence-corrected chi connectivity index (χ4v) is 2.69. The predicted molar refractivity (Wildman–Crippen MR) is 82.8 cm³/mol. The van der Waals surface area contributed by atoms with E-state index in [0.717, 1.165) is 24.1 Å². The standard InChI is InChI=1S/C16H25BrO/c1-4-6-10-18-15-9-7-8-14(11-15)16(5-2)13(3)12-17/h7-9,11,13,16H,4-6,10,12H2,1-3H3/t13-,16+/m0/s1. The van der Waals surface area contributed by atoms with Gasteiger partial charge in [-0.15, -0.1) is 0 Å². The van der Waals surface area contributed by atoms with Crippen molar-refractivity contribution in [3.05, 3.63) is 29.8 Å². The lowest BCUT2D eigenvalue weighted by Crippen LogP contribution is -2.10. The maximum Gasteiger partial charge on any atom is 0.119 e. The van der Waals surface area contributed by atoms with E-state index in [2.05, 4.69) is 61.0 Å². The van der Waals surface area contributed by atoms with Gasteiger partial charge in [0.25, 0.3) is 0 Å². The predicted octanol–water partition coefficient (Wildman–Crippen LogP) is 5.39. The Morgan fingerprint density at radius 2 is 2.06 bits per heavy atom. The van der Waals surface area contributed by atoms with Crippen molar-refractivity contribution in [2.45, 2.75) is 46.0 Å². The number of unbranched alkanes of at least 4 members (excludes halogenated alkanes) is 1. The second kappa shape index (κ2) is 8.58. The zero-order chi connectivity index (χ0) is 13.4. The second-order valence-electron chi connectivity index (χ2n) is 4.92. The maximum atomic E-state index is 5.78. The number of halogens is 1. The third-order valence-corrected chi connectivity index (χ3v) is 4.44. The summed E-state index contributed by atoms with van der Waals surface area (Å²) in [7, 11) is 0. The van der Waals surface area contributed by atoms with E-state index in [4.69, 9.17) is 4.74 Å². The van der Waals surface area contributed by atoms with E-state index in [9.17, 15) is 0 Å². The van der Waals surface area contributed by atoms with E-state index in [0.29, 0.717) is 11.8 Å². The molecule has 2 atom stereocenters. The summed E-state index contributed by atoms with van der Waals surface area (Å²) < 4.78 is 5.78. The minimum atomic E-state index is 0.610. The van der Waals surface area contributed by atoms with Crippen LogP contribution in [0.3, 0.4) is 0 Å². The molecule has 2 heteroatoms. The molecule has 0 spiro atoms. The van der Waals surface area contributed by atoms with Gasteiger partial charge in [-0.1, -0.05) is 55.3 Å². The maximum absolute atomic E-state index is 5.78. The molecule has 18 heavy (non-hydrogen) atoms. The van der Waals surface area contributed by atoms with Gasteiger partial charge >= 0.3 is 0 Å². The van der Waals surface area contributed by atoms with Gasteiger partial charge < -0.3 is 4.74 Å². The van der Waals surface area contributed by atoms with Gasteiger partial charge in [0.1, 0.15) is 5.75 Å². The average Bonchev–Trinajstić information content (AvgIpc) is 2.40. The number of hydrogen-bond acceptors (Lipinski definition) is 1. The summed E-state index contributed by atoms with van der Waals surface area (Å²) in [6, 6.07) is 8.61. The molecule has 1 aromatic carbocycles. The number of alkyl halides is 1. The van der Waals surface area contributed by atoms with Crippen molar-refractivity contribution in [3.63, 3.8) is 0 Å². The van der Waals surface area contributed by atoms with E-state index < -0.39 is 0 Å². The lowest BCUT2D eigenvalue weighted by atomic mass is 9.86. The summed E-state index contributed by atoms with van der Waals surface area (Å²) in [5, 5.41) is 1.05. The van der Waals surface area contributed by atoms with Gasteiger partial charge in [0.05, 0.1) is 6.61 Å². The Morgan fingerprint density at radius 1 is 1.28 bits per heavy atom. The zero-order valence-electron chi connectivity index (χ0n) is 11.8. The van der Waals surface area contributed by atoms with Gasteiger partial charge in [0, 0.05) is 5.33 Å². The minimum absolute atomic E-state index is 0.610. The Labute approximate surface area is 120 Å². The third kappa shape index (κ3) is 4.64. The second-order valence-corrected chi connectivity index (χ2v) is 5.57. The number of benzene rings is 1. The molecular weight excluding hydrogens is 288 g/mol. The van der Waals surface area contributed by atoms with Crippen molar-refractivity contribution in [2.75, 3.05) is 11.9 Å². The van der Waals surface area contributed by atoms with E-state index in [1.54, 1.807) is 0 Å². The summed E-state index contributed by atoms with van der Waals surface area (Å²) in [6.45, 7) is 7.57. The van der Waals surface area contributed by atoms with E-state index in [1.807, 2.05) is 0 Å². The van der Waals surface area contributed by atoms with Gasteiger partial charge in [-0.2, -0.15) is 0 Å². The van der Waals surface area contributed by atoms with Crippen LogP contribution in [0.25, 0.3) is 0 Å². The van der Waals surface area contributed by atoms with Gasteiger partial charge in [-0.3, -0.25) is 0 Å². The lowest BCUT2D eigenvalue weighted by Gasteiger charge is -2.22. The summed E-state index contributed by atoms with van der Waals surface area (Å²) in [5.74, 6) is 2.28. The Hall–Kier alpha value is -0.500. The monoisotopic (exact) mass is 312 g/mol. The van der Waals surface area contributed by atoms with Crippen molar-refractivity contribution >= 4 is 15.9 Å². The Bertz CT molecular complexity index is 338. The van der Waals surface area contributed by atoms with Crippen LogP contribution in [0.5, 0.6) is 5.75 Å². The molecule has 1 aromatic rings. The van der Waals surface area contributed by atoms with Crippen LogP contribution in [0, 0.1) is 5.92 Å². The first-order valence-electron chi connectivity index (χ1n) is 7.01. The molecule has 0 saturated carbocycles. The van der Waals surface area contributed by atoms with Crippen molar-refractivity contribution in [2.24, 2.45) is 5.92 Å². The molecule has 0 radical (unpaired) electrons. The molecule has 1 rings (SSSR count). The van der Waals surface area contributed by atoms with Crippen LogP contribution in [0.15, 0.2) is 24.3 Å². The van der Waals surface area contributed by atoms with Crippen LogP contribution < -0.4 is 4.74 Å². The molecule has 0 aromatic heterocycles. The smallest absolute Gasteiger partial charge is 0.119 e. The first kappa shape index (κ1) is 15.6. The highest BCUT2D eigenvalue weighted by Gasteiger charge is 2.16. The topological polar surface area (TPSA) is 9.23 Å². The molecule has 0 heterocycles. The molecule has 0 N–H and O–H groups in total. The van der Waals surface area contributed by atoms with Gasteiger partial charge in [-0.25, -0.2) is 0 Å². The Morgan fingerprint density at radius 3 is 2.67 bits per heavy atom. The van der Waals surface area contributed by atoms with E-state index in [1.165, 1.54) is 18.4 Å². The molecule has 0 aliphatic carbocycles. The third-order valence-electron chi connectivity index (χ3n) is 3.42. The van der Waals surface area contributed by atoms with Crippen molar-refractivity contribution < 1.29 is 4.74 Å². The van der Waals surface area contributed by atoms with Gasteiger partial charge in [0.2, 0.25) is 0 Å². The van der Waals surface area contributed by atoms with Crippen molar-refractivity contribution in [1.29, 1.82) is 0 Å². The SMILES string of the molecule is CCCCOc1cccc([C@H](CC)[C@@H](C)CBr)c1. The highest BCUT2D eigenvalue weighted by molar-refractivity contribution is 9.09. The Balaban J connectivity index is 2.73. The normalized spacial score (nSPS) is 14.2. The fraction of sp³-hybridized carbons (Fsp3) is 0.625. The van der Waals surface area contributed by atoms with Crippen LogP contribution in [0.2, 0.25) is 0 Å². The lowest BCUT2D eigenvalue weighted by molar-refractivity contribution is 0.308. The fourth-order valence-electron chi connectivity index (χ4n) is 2.24. The van der Waals surface area contributed by atoms with Crippen molar-refractivity contribution in [1.82, 2.24) is 0 Å². The molecule has 102 valence electrons. The van der Waals surface area contributed by atoms with Crippen LogP contribution in [0.1, 0.15) is 51.5 Å². The molecule has 0 aliphatic rings. The number of ether oxygens (including phenoxy) is 1. The average molecular weight is 313 g/mol. The molecule has 0 aliphatic heterocycles. The minimum Gasteiger partial charge on any atom is -0.494 e. The van der Waals surface area contributed by atoms with Gasteiger partial charge in [0.15, 0.2) is 0 Å². The number of hydrogen-bond donors (Lipinski definition) is 0. The van der Waals surface area contributed by atoms with Gasteiger partial charge in [-0.05, 0) is 42.4 Å². The highest BCUT2D eigenvalue weighted by atomic mass is 79.9. The molecule has 1 nitrogen and oxygen atoms in total.